The van der Waals surface area contributed by atoms with Crippen molar-refractivity contribution in [2.75, 3.05) is 0 Å². The lowest BCUT2D eigenvalue weighted by molar-refractivity contribution is 0.798. The molecule has 22 heavy (non-hydrogen) atoms. The van der Waals surface area contributed by atoms with Gasteiger partial charge in [-0.3, -0.25) is 4.98 Å². The third-order valence-electron chi connectivity index (χ3n) is 3.34. The Hall–Kier alpha value is -3.16. The topological polar surface area (TPSA) is 86.7 Å². The SMILES string of the molecule is Cc1nc(C)n2nc(-c3ccccn3)nc(-n3cncn3)c12. The number of rotatable bonds is 2. The van der Waals surface area contributed by atoms with E-state index in [1.807, 2.05) is 32.0 Å². The summed E-state index contributed by atoms with van der Waals surface area (Å²) in [4.78, 5) is 17.4. The van der Waals surface area contributed by atoms with E-state index in [-0.39, 0.29) is 0 Å². The molecule has 4 aromatic rings. The fraction of sp³-hybridized carbons (Fsp3) is 0.143. The first-order valence-corrected chi connectivity index (χ1v) is 6.74. The van der Waals surface area contributed by atoms with Gasteiger partial charge < -0.3 is 0 Å². The Morgan fingerprint density at radius 2 is 2.00 bits per heavy atom. The van der Waals surface area contributed by atoms with Crippen LogP contribution in [0.4, 0.5) is 0 Å². The first-order valence-electron chi connectivity index (χ1n) is 6.74. The quantitative estimate of drug-likeness (QED) is 0.555. The second-order valence-electron chi connectivity index (χ2n) is 4.82. The van der Waals surface area contributed by atoms with Crippen LogP contribution >= 0.6 is 0 Å². The lowest BCUT2D eigenvalue weighted by atomic mass is 10.3. The monoisotopic (exact) mass is 292 g/mol. The maximum atomic E-state index is 4.61. The molecule has 8 heteroatoms. The molecule has 0 saturated heterocycles. The Labute approximate surface area is 125 Å². The second-order valence-corrected chi connectivity index (χ2v) is 4.82. The summed E-state index contributed by atoms with van der Waals surface area (Å²) in [6, 6.07) is 5.62. The third-order valence-corrected chi connectivity index (χ3v) is 3.34. The summed E-state index contributed by atoms with van der Waals surface area (Å²) < 4.78 is 3.38. The standard InChI is InChI=1S/C14H12N8/c1-9-12-14(21-8-15-7-17-21)19-13(11-5-3-4-6-16-11)20-22(12)10(2)18-9/h3-8H,1-2H3. The molecule has 0 saturated carbocycles. The van der Waals surface area contributed by atoms with Crippen LogP contribution in [0.15, 0.2) is 37.1 Å². The largest absolute Gasteiger partial charge is 0.253 e. The molecule has 0 fully saturated rings. The van der Waals surface area contributed by atoms with Gasteiger partial charge in [0.2, 0.25) is 5.82 Å². The zero-order valence-corrected chi connectivity index (χ0v) is 12.0. The zero-order valence-electron chi connectivity index (χ0n) is 12.0. The van der Waals surface area contributed by atoms with Gasteiger partial charge in [-0.05, 0) is 26.0 Å². The van der Waals surface area contributed by atoms with Crippen molar-refractivity contribution >= 4 is 5.52 Å². The van der Waals surface area contributed by atoms with Crippen LogP contribution in [0, 0.1) is 13.8 Å². The Bertz CT molecular complexity index is 940. The first-order chi connectivity index (χ1) is 10.7. The van der Waals surface area contributed by atoms with Gasteiger partial charge in [-0.1, -0.05) is 6.07 Å². The lowest BCUT2D eigenvalue weighted by Gasteiger charge is -2.07. The van der Waals surface area contributed by atoms with Crippen LogP contribution in [0.5, 0.6) is 0 Å². The predicted molar refractivity (Wildman–Crippen MR) is 78.4 cm³/mol. The first kappa shape index (κ1) is 12.6. The van der Waals surface area contributed by atoms with Crippen LogP contribution in [0.2, 0.25) is 0 Å². The molecule has 0 aromatic carbocycles. The van der Waals surface area contributed by atoms with Gasteiger partial charge >= 0.3 is 0 Å². The lowest BCUT2D eigenvalue weighted by Crippen LogP contribution is -2.08. The average Bonchev–Trinajstić information content (AvgIpc) is 3.17. The molecule has 0 unspecified atom stereocenters. The van der Waals surface area contributed by atoms with Crippen LogP contribution in [0.25, 0.3) is 22.9 Å². The number of hydrogen-bond donors (Lipinski definition) is 0. The van der Waals surface area contributed by atoms with E-state index in [9.17, 15) is 0 Å². The minimum atomic E-state index is 0.513. The number of nitrogens with zero attached hydrogens (tertiary/aromatic N) is 8. The molecule has 4 rings (SSSR count). The third kappa shape index (κ3) is 1.85. The van der Waals surface area contributed by atoms with Crippen molar-refractivity contribution in [2.24, 2.45) is 0 Å². The van der Waals surface area contributed by atoms with E-state index in [4.69, 9.17) is 0 Å². The molecule has 4 heterocycles. The van der Waals surface area contributed by atoms with Gasteiger partial charge in [0.1, 0.15) is 29.7 Å². The summed E-state index contributed by atoms with van der Waals surface area (Å²) >= 11 is 0. The minimum absolute atomic E-state index is 0.513. The molecule has 0 radical (unpaired) electrons. The van der Waals surface area contributed by atoms with E-state index in [0.29, 0.717) is 17.3 Å². The Balaban J connectivity index is 2.08. The van der Waals surface area contributed by atoms with Crippen LogP contribution in [0.1, 0.15) is 11.5 Å². The van der Waals surface area contributed by atoms with Crippen LogP contribution < -0.4 is 0 Å². The molecule has 0 spiro atoms. The Kier molecular flexibility index (Phi) is 2.68. The molecule has 8 nitrogen and oxygen atoms in total. The fourth-order valence-corrected chi connectivity index (χ4v) is 2.39. The molecule has 0 atom stereocenters. The molecule has 0 aliphatic carbocycles. The normalized spacial score (nSPS) is 11.2. The molecular weight excluding hydrogens is 280 g/mol. The van der Waals surface area contributed by atoms with Crippen molar-refractivity contribution in [2.45, 2.75) is 13.8 Å². The van der Waals surface area contributed by atoms with Crippen molar-refractivity contribution in [3.8, 4) is 17.3 Å². The number of hydrogen-bond acceptors (Lipinski definition) is 6. The van der Waals surface area contributed by atoms with Crippen molar-refractivity contribution in [3.63, 3.8) is 0 Å². The second kappa shape index (κ2) is 4.69. The molecule has 0 aliphatic rings. The van der Waals surface area contributed by atoms with Gasteiger partial charge in [0, 0.05) is 6.20 Å². The van der Waals surface area contributed by atoms with Crippen molar-refractivity contribution in [1.29, 1.82) is 0 Å². The molecule has 108 valence electrons. The smallest absolute Gasteiger partial charge is 0.200 e. The predicted octanol–water partition coefficient (Wildman–Crippen LogP) is 1.38. The number of fused-ring (bicyclic) bond motifs is 1. The highest BCUT2D eigenvalue weighted by atomic mass is 15.4. The Morgan fingerprint density at radius 3 is 2.73 bits per heavy atom. The molecule has 0 bridgehead atoms. The minimum Gasteiger partial charge on any atom is -0.253 e. The van der Waals surface area contributed by atoms with Gasteiger partial charge in [-0.2, -0.15) is 5.10 Å². The summed E-state index contributed by atoms with van der Waals surface area (Å²) in [5, 5.41) is 8.73. The van der Waals surface area contributed by atoms with Crippen molar-refractivity contribution in [3.05, 3.63) is 48.6 Å². The maximum Gasteiger partial charge on any atom is 0.200 e. The van der Waals surface area contributed by atoms with E-state index in [1.165, 1.54) is 6.33 Å². The van der Waals surface area contributed by atoms with Gasteiger partial charge in [-0.15, -0.1) is 5.10 Å². The van der Waals surface area contributed by atoms with Gasteiger partial charge in [-0.25, -0.2) is 24.1 Å². The summed E-state index contributed by atoms with van der Waals surface area (Å²) in [5.74, 6) is 1.93. The summed E-state index contributed by atoms with van der Waals surface area (Å²) in [5.41, 5.74) is 2.34. The highest BCUT2D eigenvalue weighted by molar-refractivity contribution is 5.66. The van der Waals surface area contributed by atoms with Crippen LogP contribution in [-0.2, 0) is 0 Å². The van der Waals surface area contributed by atoms with Gasteiger partial charge in [0.25, 0.3) is 0 Å². The van der Waals surface area contributed by atoms with Crippen molar-refractivity contribution < 1.29 is 0 Å². The molecular formula is C14H12N8. The maximum absolute atomic E-state index is 4.61. The molecule has 4 aromatic heterocycles. The van der Waals surface area contributed by atoms with E-state index in [0.717, 1.165) is 17.0 Å². The van der Waals surface area contributed by atoms with E-state index in [2.05, 4.69) is 30.1 Å². The van der Waals surface area contributed by atoms with Crippen molar-refractivity contribution in [1.82, 2.24) is 39.3 Å². The van der Waals surface area contributed by atoms with Crippen LogP contribution in [0.3, 0.4) is 0 Å². The molecule has 0 aliphatic heterocycles. The number of aromatic nitrogens is 8. The highest BCUT2D eigenvalue weighted by Crippen LogP contribution is 2.21. The molecule has 0 amide bonds. The van der Waals surface area contributed by atoms with E-state index < -0.39 is 0 Å². The number of pyridine rings is 1. The van der Waals surface area contributed by atoms with Gasteiger partial charge in [0.05, 0.1) is 5.69 Å². The summed E-state index contributed by atoms with van der Waals surface area (Å²) in [6.45, 7) is 3.83. The van der Waals surface area contributed by atoms with Crippen LogP contribution in [-0.4, -0.2) is 39.3 Å². The average molecular weight is 292 g/mol. The van der Waals surface area contributed by atoms with Gasteiger partial charge in [0.15, 0.2) is 5.82 Å². The fourth-order valence-electron chi connectivity index (χ4n) is 2.39. The van der Waals surface area contributed by atoms with E-state index >= 15 is 0 Å². The summed E-state index contributed by atoms with van der Waals surface area (Å²) in [6.07, 6.45) is 4.79. The Morgan fingerprint density at radius 1 is 1.09 bits per heavy atom. The highest BCUT2D eigenvalue weighted by Gasteiger charge is 2.17. The summed E-state index contributed by atoms with van der Waals surface area (Å²) in [7, 11) is 0. The molecule has 0 N–H and O–H groups in total. The van der Waals surface area contributed by atoms with E-state index in [1.54, 1.807) is 21.7 Å². The number of aryl methyl sites for hydroxylation is 2. The number of imidazole rings is 1. The zero-order chi connectivity index (χ0) is 15.1.